The molecule has 2 rings (SSSR count). The second-order valence-corrected chi connectivity index (χ2v) is 4.51. The van der Waals surface area contributed by atoms with Crippen molar-refractivity contribution in [2.45, 2.75) is 45.1 Å². The first-order valence-electron chi connectivity index (χ1n) is 5.52. The number of aryl methyl sites for hydroxylation is 2. The van der Waals surface area contributed by atoms with Gasteiger partial charge in [-0.3, -0.25) is 0 Å². The fourth-order valence-electron chi connectivity index (χ4n) is 2.76. The maximum absolute atomic E-state index is 6.15. The van der Waals surface area contributed by atoms with E-state index in [0.717, 1.165) is 0 Å². The maximum Gasteiger partial charge on any atom is 0.0108 e. The lowest BCUT2D eigenvalue weighted by Gasteiger charge is -2.20. The highest BCUT2D eigenvalue weighted by Crippen LogP contribution is 2.36. The van der Waals surface area contributed by atoms with E-state index in [1.807, 2.05) is 0 Å². The van der Waals surface area contributed by atoms with E-state index in [9.17, 15) is 0 Å². The van der Waals surface area contributed by atoms with E-state index in [-0.39, 0.29) is 0 Å². The number of benzene rings is 1. The van der Waals surface area contributed by atoms with Gasteiger partial charge >= 0.3 is 0 Å². The first-order chi connectivity index (χ1) is 6.70. The highest BCUT2D eigenvalue weighted by molar-refractivity contribution is 5.37. The van der Waals surface area contributed by atoms with Crippen molar-refractivity contribution in [3.63, 3.8) is 0 Å². The molecule has 0 aliphatic heterocycles. The minimum atomic E-state index is 0.384. The molecule has 0 bridgehead atoms. The first-order valence-corrected chi connectivity index (χ1v) is 5.52. The molecule has 0 heterocycles. The third kappa shape index (κ3) is 1.57. The van der Waals surface area contributed by atoms with Crippen molar-refractivity contribution < 1.29 is 0 Å². The summed E-state index contributed by atoms with van der Waals surface area (Å²) in [6.45, 7) is 4.40. The van der Waals surface area contributed by atoms with Gasteiger partial charge in [0.2, 0.25) is 0 Å². The Balaban J connectivity index is 2.39. The van der Waals surface area contributed by atoms with Crippen LogP contribution in [-0.2, 0) is 0 Å². The summed E-state index contributed by atoms with van der Waals surface area (Å²) in [6.07, 6.45) is 3.75. The Labute approximate surface area is 86.3 Å². The summed E-state index contributed by atoms with van der Waals surface area (Å²) in [6, 6.07) is 6.92. The molecule has 1 aromatic carbocycles. The van der Waals surface area contributed by atoms with Gasteiger partial charge in [0, 0.05) is 6.04 Å². The van der Waals surface area contributed by atoms with Gasteiger partial charge in [-0.25, -0.2) is 0 Å². The third-order valence-electron chi connectivity index (χ3n) is 3.48. The Bertz CT molecular complexity index is 310. The largest absolute Gasteiger partial charge is 0.327 e. The summed E-state index contributed by atoms with van der Waals surface area (Å²) >= 11 is 0. The number of hydrogen-bond donors (Lipinski definition) is 1. The van der Waals surface area contributed by atoms with E-state index in [0.29, 0.717) is 12.0 Å². The molecule has 0 spiro atoms. The summed E-state index contributed by atoms with van der Waals surface area (Å²) in [5, 5.41) is 0. The molecule has 1 heteroatoms. The monoisotopic (exact) mass is 189 g/mol. The smallest absolute Gasteiger partial charge is 0.0108 e. The van der Waals surface area contributed by atoms with Gasteiger partial charge in [0.15, 0.2) is 0 Å². The Morgan fingerprint density at radius 3 is 2.29 bits per heavy atom. The van der Waals surface area contributed by atoms with E-state index < -0.39 is 0 Å². The van der Waals surface area contributed by atoms with E-state index in [4.69, 9.17) is 5.73 Å². The van der Waals surface area contributed by atoms with Crippen LogP contribution >= 0.6 is 0 Å². The molecule has 0 amide bonds. The average Bonchev–Trinajstić information content (AvgIpc) is 2.52. The molecule has 1 aliphatic rings. The van der Waals surface area contributed by atoms with Gasteiger partial charge in [0.1, 0.15) is 0 Å². The highest BCUT2D eigenvalue weighted by atomic mass is 14.7. The van der Waals surface area contributed by atoms with Crippen molar-refractivity contribution in [1.82, 2.24) is 0 Å². The van der Waals surface area contributed by atoms with Gasteiger partial charge in [-0.1, -0.05) is 24.6 Å². The summed E-state index contributed by atoms with van der Waals surface area (Å²) in [4.78, 5) is 0. The molecule has 1 fully saturated rings. The molecule has 2 atom stereocenters. The van der Waals surface area contributed by atoms with Crippen molar-refractivity contribution >= 4 is 0 Å². The number of rotatable bonds is 1. The minimum Gasteiger partial charge on any atom is -0.327 e. The lowest BCUT2D eigenvalue weighted by molar-refractivity contribution is 0.607. The third-order valence-corrected chi connectivity index (χ3v) is 3.48. The fraction of sp³-hybridized carbons (Fsp3) is 0.538. The van der Waals surface area contributed by atoms with Crippen LogP contribution in [0, 0.1) is 13.8 Å². The molecule has 0 saturated heterocycles. The van der Waals surface area contributed by atoms with Gasteiger partial charge in [0.05, 0.1) is 0 Å². The van der Waals surface area contributed by atoms with Crippen LogP contribution in [0.2, 0.25) is 0 Å². The Morgan fingerprint density at radius 2 is 1.79 bits per heavy atom. The van der Waals surface area contributed by atoms with Gasteiger partial charge < -0.3 is 5.73 Å². The minimum absolute atomic E-state index is 0.384. The molecule has 1 saturated carbocycles. The maximum atomic E-state index is 6.15. The molecule has 1 nitrogen and oxygen atoms in total. The Hall–Kier alpha value is -0.820. The zero-order valence-electron chi connectivity index (χ0n) is 9.09. The molecule has 2 unspecified atom stereocenters. The van der Waals surface area contributed by atoms with Gasteiger partial charge in [-0.15, -0.1) is 0 Å². The number of hydrogen-bond acceptors (Lipinski definition) is 1. The van der Waals surface area contributed by atoms with E-state index in [2.05, 4.69) is 32.0 Å². The summed E-state index contributed by atoms with van der Waals surface area (Å²) in [7, 11) is 0. The van der Waals surface area contributed by atoms with Crippen LogP contribution in [0.5, 0.6) is 0 Å². The first kappa shape index (κ1) is 9.72. The second-order valence-electron chi connectivity index (χ2n) is 4.51. The molecular weight excluding hydrogens is 170 g/mol. The Kier molecular flexibility index (Phi) is 2.60. The molecule has 2 N–H and O–H groups in total. The van der Waals surface area contributed by atoms with Crippen LogP contribution < -0.4 is 5.73 Å². The second kappa shape index (κ2) is 3.74. The van der Waals surface area contributed by atoms with Crippen molar-refractivity contribution in [2.24, 2.45) is 5.73 Å². The van der Waals surface area contributed by atoms with E-state index >= 15 is 0 Å². The molecule has 76 valence electrons. The molecule has 14 heavy (non-hydrogen) atoms. The van der Waals surface area contributed by atoms with Gasteiger partial charge in [-0.05, 0) is 49.3 Å². The standard InChI is InChI=1S/C13H19N/c1-9-5-3-6-10(2)13(9)11-7-4-8-12(11)14/h3,5-6,11-12H,4,7-8,14H2,1-2H3. The summed E-state index contributed by atoms with van der Waals surface area (Å²) < 4.78 is 0. The lowest BCUT2D eigenvalue weighted by Crippen LogP contribution is -2.23. The van der Waals surface area contributed by atoms with Crippen LogP contribution in [0.4, 0.5) is 0 Å². The van der Waals surface area contributed by atoms with Crippen molar-refractivity contribution in [2.75, 3.05) is 0 Å². The van der Waals surface area contributed by atoms with Gasteiger partial charge in [-0.2, -0.15) is 0 Å². The summed E-state index contributed by atoms with van der Waals surface area (Å²) in [5.41, 5.74) is 10.5. The van der Waals surface area contributed by atoms with E-state index in [1.54, 1.807) is 0 Å². The molecular formula is C13H19N. The lowest BCUT2D eigenvalue weighted by atomic mass is 9.88. The van der Waals surface area contributed by atoms with Crippen LogP contribution in [0.15, 0.2) is 18.2 Å². The molecule has 0 aromatic heterocycles. The number of nitrogens with two attached hydrogens (primary N) is 1. The van der Waals surface area contributed by atoms with Crippen LogP contribution in [0.1, 0.15) is 41.9 Å². The van der Waals surface area contributed by atoms with Crippen molar-refractivity contribution in [1.29, 1.82) is 0 Å². The quantitative estimate of drug-likeness (QED) is 0.722. The Morgan fingerprint density at radius 1 is 1.14 bits per heavy atom. The van der Waals surface area contributed by atoms with Gasteiger partial charge in [0.25, 0.3) is 0 Å². The molecule has 1 aromatic rings. The van der Waals surface area contributed by atoms with Crippen LogP contribution in [0.25, 0.3) is 0 Å². The highest BCUT2D eigenvalue weighted by Gasteiger charge is 2.27. The molecule has 0 radical (unpaired) electrons. The predicted octanol–water partition coefficient (Wildman–Crippen LogP) is 2.90. The van der Waals surface area contributed by atoms with Crippen molar-refractivity contribution in [3.8, 4) is 0 Å². The average molecular weight is 189 g/mol. The molecule has 1 aliphatic carbocycles. The zero-order chi connectivity index (χ0) is 10.1. The van der Waals surface area contributed by atoms with Crippen molar-refractivity contribution in [3.05, 3.63) is 34.9 Å². The topological polar surface area (TPSA) is 26.0 Å². The zero-order valence-corrected chi connectivity index (χ0v) is 9.09. The normalized spacial score (nSPS) is 26.8. The van der Waals surface area contributed by atoms with Crippen LogP contribution in [0.3, 0.4) is 0 Å². The van der Waals surface area contributed by atoms with Crippen LogP contribution in [-0.4, -0.2) is 6.04 Å². The summed E-state index contributed by atoms with van der Waals surface area (Å²) in [5.74, 6) is 0.608. The fourth-order valence-corrected chi connectivity index (χ4v) is 2.76. The predicted molar refractivity (Wildman–Crippen MR) is 60.5 cm³/mol. The SMILES string of the molecule is Cc1cccc(C)c1C1CCCC1N. The van der Waals surface area contributed by atoms with E-state index in [1.165, 1.54) is 36.0 Å².